The molecule has 0 aromatic heterocycles. The molecule has 0 saturated carbocycles. The van der Waals surface area contributed by atoms with E-state index in [9.17, 15) is 18.0 Å². The molecule has 0 spiro atoms. The van der Waals surface area contributed by atoms with Crippen LogP contribution in [-0.2, 0) is 19.4 Å². The molecular formula is C14H18N2O5S. The smallest absolute Gasteiger partial charge is 0.276 e. The van der Waals surface area contributed by atoms with Crippen LogP contribution in [0.2, 0.25) is 0 Å². The molecule has 1 atom stereocenters. The van der Waals surface area contributed by atoms with Crippen molar-refractivity contribution in [2.75, 3.05) is 18.1 Å². The summed E-state index contributed by atoms with van der Waals surface area (Å²) in [5, 5.41) is 0. The number of hydrogen-bond acceptors (Lipinski definition) is 5. The number of hydrogen-bond donors (Lipinski definition) is 2. The fourth-order valence-electron chi connectivity index (χ4n) is 2.19. The largest absolute Gasteiger partial charge is 0.484 e. The molecule has 2 N–H and O–H groups in total. The highest BCUT2D eigenvalue weighted by Crippen LogP contribution is 2.21. The highest BCUT2D eigenvalue weighted by molar-refractivity contribution is 7.91. The summed E-state index contributed by atoms with van der Waals surface area (Å²) in [5.41, 5.74) is 4.49. The Bertz CT molecular complexity index is 630. The third-order valence-electron chi connectivity index (χ3n) is 3.26. The van der Waals surface area contributed by atoms with Crippen LogP contribution in [0.15, 0.2) is 30.3 Å². The van der Waals surface area contributed by atoms with Crippen LogP contribution in [0.1, 0.15) is 12.8 Å². The topological polar surface area (TPSA) is 102 Å². The van der Waals surface area contributed by atoms with Gasteiger partial charge in [0.2, 0.25) is 5.91 Å². The molecule has 7 nitrogen and oxygen atoms in total. The summed E-state index contributed by atoms with van der Waals surface area (Å²) in [6.45, 7) is -0.220. The van der Waals surface area contributed by atoms with Crippen molar-refractivity contribution in [2.24, 2.45) is 5.92 Å². The van der Waals surface area contributed by atoms with E-state index in [1.54, 1.807) is 24.3 Å². The zero-order valence-electron chi connectivity index (χ0n) is 11.9. The highest BCUT2D eigenvalue weighted by Gasteiger charge is 2.29. The zero-order valence-corrected chi connectivity index (χ0v) is 12.8. The molecule has 1 aliphatic rings. The van der Waals surface area contributed by atoms with Gasteiger partial charge < -0.3 is 4.74 Å². The molecule has 0 bridgehead atoms. The molecule has 2 rings (SSSR count). The summed E-state index contributed by atoms with van der Waals surface area (Å²) in [4.78, 5) is 23.1. The molecule has 1 aromatic carbocycles. The fraction of sp³-hybridized carbons (Fsp3) is 0.429. The monoisotopic (exact) mass is 326 g/mol. The summed E-state index contributed by atoms with van der Waals surface area (Å²) in [7, 11) is -3.00. The number of hydrazine groups is 1. The second-order valence-electron chi connectivity index (χ2n) is 5.17. The number of nitrogens with one attached hydrogen (secondary N) is 2. The van der Waals surface area contributed by atoms with Gasteiger partial charge in [0.15, 0.2) is 16.4 Å². The van der Waals surface area contributed by atoms with Crippen molar-refractivity contribution in [2.45, 2.75) is 12.8 Å². The van der Waals surface area contributed by atoms with Crippen LogP contribution in [0.25, 0.3) is 0 Å². The molecule has 8 heteroatoms. The second kappa shape index (κ2) is 7.26. The lowest BCUT2D eigenvalue weighted by Gasteiger charge is -2.10. The summed E-state index contributed by atoms with van der Waals surface area (Å²) in [5.74, 6) is -0.359. The number of amides is 2. The van der Waals surface area contributed by atoms with Gasteiger partial charge >= 0.3 is 0 Å². The maximum absolute atomic E-state index is 11.6. The average molecular weight is 326 g/mol. The Balaban J connectivity index is 1.65. The van der Waals surface area contributed by atoms with Crippen molar-refractivity contribution in [1.82, 2.24) is 10.9 Å². The molecular weight excluding hydrogens is 308 g/mol. The standard InChI is InChI=1S/C14H18N2O5S/c17-13(8-11-6-7-22(19,20)10-11)15-16-14(18)9-21-12-4-2-1-3-5-12/h1-5,11H,6-10H2,(H,15,17)(H,16,18)/t11-/m0/s1. The van der Waals surface area contributed by atoms with Crippen molar-refractivity contribution >= 4 is 21.7 Å². The molecule has 1 fully saturated rings. The lowest BCUT2D eigenvalue weighted by Crippen LogP contribution is -2.44. The predicted molar refractivity (Wildman–Crippen MR) is 79.6 cm³/mol. The predicted octanol–water partition coefficient (Wildman–Crippen LogP) is 0.0376. The normalized spacial score (nSPS) is 19.4. The second-order valence-corrected chi connectivity index (χ2v) is 7.40. The number of ether oxygens (including phenoxy) is 1. The van der Waals surface area contributed by atoms with Gasteiger partial charge in [-0.05, 0) is 24.5 Å². The van der Waals surface area contributed by atoms with Crippen molar-refractivity contribution in [3.05, 3.63) is 30.3 Å². The van der Waals surface area contributed by atoms with Gasteiger partial charge in [0.25, 0.3) is 5.91 Å². The number of rotatable bonds is 5. The summed E-state index contributed by atoms with van der Waals surface area (Å²) < 4.78 is 27.8. The third kappa shape index (κ3) is 5.36. The van der Waals surface area contributed by atoms with Crippen LogP contribution in [0.5, 0.6) is 5.75 Å². The zero-order chi connectivity index (χ0) is 16.0. The first kappa shape index (κ1) is 16.3. The molecule has 1 heterocycles. The Kier molecular flexibility index (Phi) is 5.37. The van der Waals surface area contributed by atoms with Gasteiger partial charge in [-0.3, -0.25) is 20.4 Å². The Morgan fingerprint density at radius 2 is 1.82 bits per heavy atom. The molecule has 120 valence electrons. The van der Waals surface area contributed by atoms with E-state index in [1.807, 2.05) is 6.07 Å². The van der Waals surface area contributed by atoms with E-state index in [1.165, 1.54) is 0 Å². The number of sulfone groups is 1. The Morgan fingerprint density at radius 1 is 1.14 bits per heavy atom. The van der Waals surface area contributed by atoms with Crippen LogP contribution in [-0.4, -0.2) is 38.3 Å². The van der Waals surface area contributed by atoms with Gasteiger partial charge in [0.1, 0.15) is 5.75 Å². The van der Waals surface area contributed by atoms with Crippen LogP contribution >= 0.6 is 0 Å². The molecule has 1 aromatic rings. The highest BCUT2D eigenvalue weighted by atomic mass is 32.2. The Hall–Kier alpha value is -2.09. The summed E-state index contributed by atoms with van der Waals surface area (Å²) in [6, 6.07) is 8.82. The lowest BCUT2D eigenvalue weighted by molar-refractivity contribution is -0.130. The number of carbonyl (C=O) groups is 2. The van der Waals surface area contributed by atoms with E-state index in [4.69, 9.17) is 4.74 Å². The summed E-state index contributed by atoms with van der Waals surface area (Å²) >= 11 is 0. The third-order valence-corrected chi connectivity index (χ3v) is 5.09. The Labute approximate surface area is 128 Å². The van der Waals surface area contributed by atoms with Crippen LogP contribution in [0.3, 0.4) is 0 Å². The van der Waals surface area contributed by atoms with Gasteiger partial charge in [-0.25, -0.2) is 8.42 Å². The minimum absolute atomic E-state index is 0.0332. The number of benzene rings is 1. The van der Waals surface area contributed by atoms with E-state index >= 15 is 0 Å². The van der Waals surface area contributed by atoms with E-state index in [2.05, 4.69) is 10.9 Å². The summed E-state index contributed by atoms with van der Waals surface area (Å²) in [6.07, 6.45) is 0.569. The van der Waals surface area contributed by atoms with Gasteiger partial charge in [0, 0.05) is 6.42 Å². The van der Waals surface area contributed by atoms with Gasteiger partial charge in [-0.2, -0.15) is 0 Å². The van der Waals surface area contributed by atoms with Crippen molar-refractivity contribution in [3.8, 4) is 5.75 Å². The first-order chi connectivity index (χ1) is 10.4. The van der Waals surface area contributed by atoms with E-state index in [-0.39, 0.29) is 30.5 Å². The first-order valence-electron chi connectivity index (χ1n) is 6.90. The quantitative estimate of drug-likeness (QED) is 0.744. The van der Waals surface area contributed by atoms with Crippen LogP contribution in [0, 0.1) is 5.92 Å². The Morgan fingerprint density at radius 3 is 2.45 bits per heavy atom. The molecule has 1 saturated heterocycles. The minimum atomic E-state index is -3.00. The molecule has 0 aliphatic carbocycles. The maximum atomic E-state index is 11.6. The van der Waals surface area contributed by atoms with Crippen molar-refractivity contribution < 1.29 is 22.7 Å². The lowest BCUT2D eigenvalue weighted by atomic mass is 10.1. The number of para-hydroxylation sites is 1. The molecule has 2 amide bonds. The van der Waals surface area contributed by atoms with Gasteiger partial charge in [-0.15, -0.1) is 0 Å². The molecule has 0 radical (unpaired) electrons. The van der Waals surface area contributed by atoms with E-state index < -0.39 is 21.7 Å². The fourth-order valence-corrected chi connectivity index (χ4v) is 4.05. The van der Waals surface area contributed by atoms with Crippen LogP contribution < -0.4 is 15.6 Å². The van der Waals surface area contributed by atoms with Crippen molar-refractivity contribution in [3.63, 3.8) is 0 Å². The average Bonchev–Trinajstić information content (AvgIpc) is 2.83. The van der Waals surface area contributed by atoms with Crippen LogP contribution in [0.4, 0.5) is 0 Å². The number of carbonyl (C=O) groups excluding carboxylic acids is 2. The van der Waals surface area contributed by atoms with Crippen molar-refractivity contribution in [1.29, 1.82) is 0 Å². The minimum Gasteiger partial charge on any atom is -0.484 e. The maximum Gasteiger partial charge on any atom is 0.276 e. The molecule has 22 heavy (non-hydrogen) atoms. The van der Waals surface area contributed by atoms with E-state index in [0.29, 0.717) is 12.2 Å². The molecule has 1 aliphatic heterocycles. The van der Waals surface area contributed by atoms with Gasteiger partial charge in [0.05, 0.1) is 11.5 Å². The van der Waals surface area contributed by atoms with Gasteiger partial charge in [-0.1, -0.05) is 18.2 Å². The molecule has 0 unspecified atom stereocenters. The first-order valence-corrected chi connectivity index (χ1v) is 8.73. The van der Waals surface area contributed by atoms with E-state index in [0.717, 1.165) is 0 Å². The SMILES string of the molecule is O=C(COc1ccccc1)NNC(=O)C[C@@H]1CCS(=O)(=O)C1.